The van der Waals surface area contributed by atoms with E-state index in [1.165, 1.54) is 30.3 Å². The lowest BCUT2D eigenvalue weighted by Gasteiger charge is -2.22. The lowest BCUT2D eigenvalue weighted by Crippen LogP contribution is -2.31. The van der Waals surface area contributed by atoms with Crippen molar-refractivity contribution in [2.24, 2.45) is 5.92 Å². The van der Waals surface area contributed by atoms with Crippen LogP contribution in [-0.2, 0) is 12.7 Å². The van der Waals surface area contributed by atoms with E-state index in [1.54, 1.807) is 35.0 Å². The maximum Gasteiger partial charge on any atom is 0.433 e. The summed E-state index contributed by atoms with van der Waals surface area (Å²) < 4.78 is 55.2. The second kappa shape index (κ2) is 10.5. The molecule has 1 saturated heterocycles. The minimum atomic E-state index is -4.69. The summed E-state index contributed by atoms with van der Waals surface area (Å²) in [6.45, 7) is 1.48. The molecule has 1 aliphatic carbocycles. The van der Waals surface area contributed by atoms with Crippen molar-refractivity contribution in [3.8, 4) is 11.1 Å². The van der Waals surface area contributed by atoms with Gasteiger partial charge in [0, 0.05) is 44.0 Å². The molecule has 6 nitrogen and oxygen atoms in total. The molecule has 2 aliphatic rings. The summed E-state index contributed by atoms with van der Waals surface area (Å²) in [5, 5.41) is 11.2. The molecule has 2 aromatic carbocycles. The number of pyridine rings is 1. The van der Waals surface area contributed by atoms with E-state index in [-0.39, 0.29) is 34.2 Å². The number of halogens is 5. The molecule has 3 aromatic rings. The first-order valence-electron chi connectivity index (χ1n) is 12.5. The van der Waals surface area contributed by atoms with E-state index in [2.05, 4.69) is 10.3 Å². The third-order valence-electron chi connectivity index (χ3n) is 7.06. The van der Waals surface area contributed by atoms with Crippen LogP contribution in [0.1, 0.15) is 46.1 Å². The maximum absolute atomic E-state index is 13.8. The monoisotopic (exact) mass is 559 g/mol. The number of nitrogens with one attached hydrogen (secondary N) is 2. The van der Waals surface area contributed by atoms with E-state index < -0.39 is 29.6 Å². The number of amides is 1. The first-order chi connectivity index (χ1) is 18.5. The van der Waals surface area contributed by atoms with E-state index in [0.29, 0.717) is 30.2 Å². The molecular weight excluding hydrogens is 534 g/mol. The fourth-order valence-electron chi connectivity index (χ4n) is 4.87. The van der Waals surface area contributed by atoms with Crippen molar-refractivity contribution in [3.63, 3.8) is 0 Å². The molecule has 1 atom stereocenters. The zero-order chi connectivity index (χ0) is 27.9. The van der Waals surface area contributed by atoms with Gasteiger partial charge in [0.15, 0.2) is 11.7 Å². The van der Waals surface area contributed by atoms with Crippen molar-refractivity contribution >= 4 is 23.5 Å². The van der Waals surface area contributed by atoms with Gasteiger partial charge in [-0.15, -0.1) is 0 Å². The molecular formula is C28H26ClF4N5O. The summed E-state index contributed by atoms with van der Waals surface area (Å²) in [4.78, 5) is 20.7. The molecule has 1 saturated carbocycles. The highest BCUT2D eigenvalue weighted by atomic mass is 35.5. The van der Waals surface area contributed by atoms with Gasteiger partial charge in [-0.25, -0.2) is 4.39 Å². The normalized spacial score (nSPS) is 16.5. The maximum atomic E-state index is 13.8. The second-order valence-corrected chi connectivity index (χ2v) is 10.4. The number of guanidine groups is 1. The lowest BCUT2D eigenvalue weighted by atomic mass is 9.96. The SMILES string of the molecule is CN1CCN(Cc2cc(C(=O)N[C@H](c3ccc(F)c(Cl)c3)C3CC3)cc(-c3cccnc3C(F)(F)F)c2)C1=N. The molecule has 204 valence electrons. The van der Waals surface area contributed by atoms with Crippen LogP contribution >= 0.6 is 11.6 Å². The van der Waals surface area contributed by atoms with E-state index >= 15 is 0 Å². The topological polar surface area (TPSA) is 72.3 Å². The molecule has 0 bridgehead atoms. The Morgan fingerprint density at radius 1 is 1.18 bits per heavy atom. The quantitative estimate of drug-likeness (QED) is 0.342. The van der Waals surface area contributed by atoms with Gasteiger partial charge in [-0.2, -0.15) is 13.2 Å². The number of likely N-dealkylation sites (N-methyl/N-ethyl adjacent to an activating group) is 1. The predicted octanol–water partition coefficient (Wildman–Crippen LogP) is 6.12. The molecule has 1 aromatic heterocycles. The largest absolute Gasteiger partial charge is 0.433 e. The number of carbonyl (C=O) groups is 1. The minimum absolute atomic E-state index is 0.0500. The Morgan fingerprint density at radius 3 is 2.59 bits per heavy atom. The molecule has 39 heavy (non-hydrogen) atoms. The van der Waals surface area contributed by atoms with Crippen LogP contribution in [0.15, 0.2) is 54.7 Å². The van der Waals surface area contributed by atoms with Crippen molar-refractivity contribution in [1.29, 1.82) is 5.41 Å². The minimum Gasteiger partial charge on any atom is -0.345 e. The summed E-state index contributed by atoms with van der Waals surface area (Å²) >= 11 is 5.99. The van der Waals surface area contributed by atoms with Crippen LogP contribution < -0.4 is 5.32 Å². The molecule has 0 spiro atoms. The zero-order valence-corrected chi connectivity index (χ0v) is 21.8. The van der Waals surface area contributed by atoms with Crippen molar-refractivity contribution in [2.75, 3.05) is 20.1 Å². The van der Waals surface area contributed by atoms with Crippen LogP contribution in [0, 0.1) is 17.1 Å². The molecule has 2 heterocycles. The summed E-state index contributed by atoms with van der Waals surface area (Å²) in [5.41, 5.74) is 0.441. The molecule has 1 aliphatic heterocycles. The molecule has 0 radical (unpaired) electrons. The van der Waals surface area contributed by atoms with Crippen molar-refractivity contribution < 1.29 is 22.4 Å². The van der Waals surface area contributed by atoms with Crippen LogP contribution in [0.25, 0.3) is 11.1 Å². The number of aromatic nitrogens is 1. The van der Waals surface area contributed by atoms with Crippen molar-refractivity contribution in [1.82, 2.24) is 20.1 Å². The smallest absolute Gasteiger partial charge is 0.345 e. The Labute approximate surface area is 228 Å². The molecule has 2 fully saturated rings. The van der Waals surface area contributed by atoms with E-state index in [9.17, 15) is 22.4 Å². The molecule has 0 unspecified atom stereocenters. The summed E-state index contributed by atoms with van der Waals surface area (Å²) in [5.74, 6) is -0.588. The third-order valence-corrected chi connectivity index (χ3v) is 7.35. The highest BCUT2D eigenvalue weighted by Crippen LogP contribution is 2.42. The summed E-state index contributed by atoms with van der Waals surface area (Å²) in [6.07, 6.45) is -1.85. The van der Waals surface area contributed by atoms with Crippen molar-refractivity contribution in [3.05, 3.63) is 88.0 Å². The number of nitrogens with zero attached hydrogens (tertiary/aromatic N) is 3. The summed E-state index contributed by atoms with van der Waals surface area (Å²) in [7, 11) is 1.79. The van der Waals surface area contributed by atoms with Gasteiger partial charge in [-0.05, 0) is 71.8 Å². The van der Waals surface area contributed by atoms with E-state index in [0.717, 1.165) is 19.0 Å². The third kappa shape index (κ3) is 5.85. The molecule has 5 rings (SSSR count). The van der Waals surface area contributed by atoms with Gasteiger partial charge >= 0.3 is 6.18 Å². The first kappa shape index (κ1) is 26.9. The van der Waals surface area contributed by atoms with Crippen molar-refractivity contribution in [2.45, 2.75) is 31.6 Å². The zero-order valence-electron chi connectivity index (χ0n) is 21.0. The average Bonchev–Trinajstić information content (AvgIpc) is 3.70. The Morgan fingerprint density at radius 2 is 1.95 bits per heavy atom. The Kier molecular flexibility index (Phi) is 7.24. The van der Waals surface area contributed by atoms with Crippen LogP contribution in [-0.4, -0.2) is 46.8 Å². The fraction of sp³-hybridized carbons (Fsp3) is 0.321. The van der Waals surface area contributed by atoms with Gasteiger partial charge in [-0.1, -0.05) is 23.7 Å². The standard InChI is InChI=1S/C28H26ClF4N5O/c1-37-9-10-38(27(37)34)15-16-11-19(21-3-2-8-35-25(21)28(31,32)33)13-20(12-16)26(39)36-24(17-4-5-17)18-6-7-23(30)22(29)14-18/h2-3,6-8,11-14,17,24,34H,4-5,9-10,15H2,1H3,(H,36,39)/t24-/m0/s1. The first-order valence-corrected chi connectivity index (χ1v) is 12.9. The van der Waals surface area contributed by atoms with Crippen LogP contribution in [0.2, 0.25) is 5.02 Å². The Bertz CT molecular complexity index is 1430. The van der Waals surface area contributed by atoms with Crippen LogP contribution in [0.4, 0.5) is 17.6 Å². The fourth-order valence-corrected chi connectivity index (χ4v) is 5.05. The number of rotatable bonds is 7. The number of hydrogen-bond acceptors (Lipinski definition) is 3. The molecule has 2 N–H and O–H groups in total. The van der Waals surface area contributed by atoms with Gasteiger partial charge in [0.2, 0.25) is 0 Å². The number of carbonyl (C=O) groups excluding carboxylic acids is 1. The Balaban J connectivity index is 1.52. The molecule has 1 amide bonds. The Hall–Kier alpha value is -3.66. The predicted molar refractivity (Wildman–Crippen MR) is 140 cm³/mol. The van der Waals surface area contributed by atoms with Crippen LogP contribution in [0.5, 0.6) is 0 Å². The highest BCUT2D eigenvalue weighted by molar-refractivity contribution is 6.30. The molecule has 11 heteroatoms. The van der Waals surface area contributed by atoms with Gasteiger partial charge in [-0.3, -0.25) is 15.2 Å². The number of benzene rings is 2. The number of hydrogen-bond donors (Lipinski definition) is 2. The van der Waals surface area contributed by atoms with Gasteiger partial charge in [0.1, 0.15) is 5.82 Å². The highest BCUT2D eigenvalue weighted by Gasteiger charge is 2.36. The average molecular weight is 560 g/mol. The lowest BCUT2D eigenvalue weighted by molar-refractivity contribution is -0.140. The van der Waals surface area contributed by atoms with E-state index in [1.807, 2.05) is 0 Å². The second-order valence-electron chi connectivity index (χ2n) is 9.94. The van der Waals surface area contributed by atoms with Gasteiger partial charge in [0.05, 0.1) is 11.1 Å². The van der Waals surface area contributed by atoms with Gasteiger partial charge < -0.3 is 15.1 Å². The number of alkyl halides is 3. The van der Waals surface area contributed by atoms with Gasteiger partial charge in [0.25, 0.3) is 5.91 Å². The van der Waals surface area contributed by atoms with Crippen LogP contribution in [0.3, 0.4) is 0 Å². The summed E-state index contributed by atoms with van der Waals surface area (Å²) in [6, 6.07) is 11.3. The van der Waals surface area contributed by atoms with E-state index in [4.69, 9.17) is 17.0 Å².